The molecule has 0 radical (unpaired) electrons. The molecule has 0 aliphatic heterocycles. The van der Waals surface area contributed by atoms with Crippen LogP contribution in [0.4, 0.5) is 0 Å². The molecule has 3 nitrogen and oxygen atoms in total. The van der Waals surface area contributed by atoms with Gasteiger partial charge in [0.1, 0.15) is 5.75 Å². The molecule has 1 aromatic rings. The van der Waals surface area contributed by atoms with Crippen molar-refractivity contribution in [2.24, 2.45) is 5.73 Å². The Morgan fingerprint density at radius 2 is 1.86 bits per heavy atom. The fraction of sp³-hybridized carbons (Fsp3) is 0.455. The smallest absolute Gasteiger partial charge is 0.115 e. The number of nitrogens with two attached hydrogens (primary N) is 1. The van der Waals surface area contributed by atoms with Crippen LogP contribution in [0.5, 0.6) is 5.75 Å². The van der Waals surface area contributed by atoms with E-state index in [0.29, 0.717) is 18.3 Å². The summed E-state index contributed by atoms with van der Waals surface area (Å²) in [5, 5.41) is 9.12. The molecule has 0 unspecified atom stereocenters. The highest BCUT2D eigenvalue weighted by Gasteiger charge is 2.09. The van der Waals surface area contributed by atoms with Crippen LogP contribution in [0.2, 0.25) is 0 Å². The minimum Gasteiger partial charge on any atom is -0.508 e. The maximum absolute atomic E-state index is 9.12. The van der Waals surface area contributed by atoms with Gasteiger partial charge in [0.15, 0.2) is 0 Å². The second-order valence-corrected chi connectivity index (χ2v) is 3.72. The van der Waals surface area contributed by atoms with Crippen LogP contribution in [0.3, 0.4) is 0 Å². The number of nitrogens with zero attached hydrogens (tertiary/aromatic N) is 1. The van der Waals surface area contributed by atoms with Gasteiger partial charge < -0.3 is 15.7 Å². The van der Waals surface area contributed by atoms with E-state index >= 15 is 0 Å². The van der Waals surface area contributed by atoms with Gasteiger partial charge in [-0.05, 0) is 38.2 Å². The maximum atomic E-state index is 9.12. The number of likely N-dealkylation sites (N-methyl/N-ethyl adjacent to an activating group) is 1. The van der Waals surface area contributed by atoms with Gasteiger partial charge in [-0.3, -0.25) is 0 Å². The van der Waals surface area contributed by atoms with E-state index < -0.39 is 0 Å². The number of phenolic OH excluding ortho intramolecular Hbond substituents is 1. The maximum Gasteiger partial charge on any atom is 0.115 e. The Kier molecular flexibility index (Phi) is 3.92. The van der Waals surface area contributed by atoms with E-state index in [2.05, 4.69) is 4.90 Å². The van der Waals surface area contributed by atoms with Crippen LogP contribution in [0.15, 0.2) is 24.3 Å². The van der Waals surface area contributed by atoms with Crippen molar-refractivity contribution in [3.05, 3.63) is 29.8 Å². The van der Waals surface area contributed by atoms with Gasteiger partial charge in [-0.1, -0.05) is 12.1 Å². The highest BCUT2D eigenvalue weighted by Crippen LogP contribution is 2.12. The Balaban J connectivity index is 2.63. The van der Waals surface area contributed by atoms with Gasteiger partial charge in [-0.25, -0.2) is 0 Å². The zero-order valence-electron chi connectivity index (χ0n) is 8.77. The molecule has 0 aliphatic rings. The molecular weight excluding hydrogens is 176 g/mol. The molecule has 0 aliphatic carbocycles. The first-order valence-corrected chi connectivity index (χ1v) is 4.78. The number of benzene rings is 1. The summed E-state index contributed by atoms with van der Waals surface area (Å²) in [6.07, 6.45) is 0.920. The van der Waals surface area contributed by atoms with Crippen LogP contribution in [0.25, 0.3) is 0 Å². The van der Waals surface area contributed by atoms with Crippen molar-refractivity contribution in [1.82, 2.24) is 4.90 Å². The lowest BCUT2D eigenvalue weighted by Crippen LogP contribution is -2.36. The fourth-order valence-corrected chi connectivity index (χ4v) is 1.38. The Morgan fingerprint density at radius 1 is 1.29 bits per heavy atom. The summed E-state index contributed by atoms with van der Waals surface area (Å²) in [7, 11) is 4.05. The largest absolute Gasteiger partial charge is 0.508 e. The summed E-state index contributed by atoms with van der Waals surface area (Å²) in [6.45, 7) is 0.647. The molecular formula is C11H18N2O. The summed E-state index contributed by atoms with van der Waals surface area (Å²) in [5.41, 5.74) is 6.86. The molecule has 78 valence electrons. The van der Waals surface area contributed by atoms with E-state index in [1.807, 2.05) is 26.2 Å². The molecule has 0 fully saturated rings. The summed E-state index contributed by atoms with van der Waals surface area (Å²) in [6, 6.07) is 7.64. The van der Waals surface area contributed by atoms with Crippen molar-refractivity contribution < 1.29 is 5.11 Å². The lowest BCUT2D eigenvalue weighted by Gasteiger charge is -2.22. The van der Waals surface area contributed by atoms with E-state index in [0.717, 1.165) is 6.42 Å². The Morgan fingerprint density at radius 3 is 2.29 bits per heavy atom. The van der Waals surface area contributed by atoms with Crippen LogP contribution >= 0.6 is 0 Å². The van der Waals surface area contributed by atoms with Crippen molar-refractivity contribution in [2.45, 2.75) is 12.5 Å². The molecule has 0 heterocycles. The molecule has 0 saturated heterocycles. The SMILES string of the molecule is CN(C)[C@H](CN)Cc1ccc(O)cc1. The molecule has 0 bridgehead atoms. The monoisotopic (exact) mass is 194 g/mol. The minimum atomic E-state index is 0.308. The molecule has 0 spiro atoms. The summed E-state index contributed by atoms with van der Waals surface area (Å²) in [5.74, 6) is 0.308. The number of hydrogen-bond acceptors (Lipinski definition) is 3. The van der Waals surface area contributed by atoms with E-state index in [1.54, 1.807) is 12.1 Å². The van der Waals surface area contributed by atoms with E-state index in [9.17, 15) is 0 Å². The lowest BCUT2D eigenvalue weighted by atomic mass is 10.1. The molecule has 14 heavy (non-hydrogen) atoms. The van der Waals surface area contributed by atoms with Crippen LogP contribution in [0.1, 0.15) is 5.56 Å². The standard InChI is InChI=1S/C11H18N2O/c1-13(2)10(8-12)7-9-3-5-11(14)6-4-9/h3-6,10,14H,7-8,12H2,1-2H3/t10-/m0/s1. The highest BCUT2D eigenvalue weighted by molar-refractivity contribution is 5.26. The van der Waals surface area contributed by atoms with Crippen molar-refractivity contribution in [3.63, 3.8) is 0 Å². The molecule has 1 aromatic carbocycles. The second-order valence-electron chi connectivity index (χ2n) is 3.72. The number of hydrogen-bond donors (Lipinski definition) is 2. The van der Waals surface area contributed by atoms with Gasteiger partial charge in [0, 0.05) is 12.6 Å². The molecule has 3 N–H and O–H groups in total. The molecule has 0 saturated carbocycles. The first-order valence-electron chi connectivity index (χ1n) is 4.78. The van der Waals surface area contributed by atoms with E-state index in [4.69, 9.17) is 10.8 Å². The molecule has 0 aromatic heterocycles. The number of phenols is 1. The van der Waals surface area contributed by atoms with E-state index in [-0.39, 0.29) is 0 Å². The predicted molar refractivity (Wildman–Crippen MR) is 58.3 cm³/mol. The van der Waals surface area contributed by atoms with Crippen LogP contribution in [-0.2, 0) is 6.42 Å². The third-order valence-corrected chi connectivity index (χ3v) is 2.41. The Labute approximate surface area is 85.2 Å². The zero-order valence-corrected chi connectivity index (χ0v) is 8.77. The molecule has 3 heteroatoms. The topological polar surface area (TPSA) is 49.5 Å². The van der Waals surface area contributed by atoms with Gasteiger partial charge >= 0.3 is 0 Å². The van der Waals surface area contributed by atoms with E-state index in [1.165, 1.54) is 5.56 Å². The van der Waals surface area contributed by atoms with Gasteiger partial charge in [0.2, 0.25) is 0 Å². The first-order chi connectivity index (χ1) is 6.63. The number of aromatic hydroxyl groups is 1. The van der Waals surface area contributed by atoms with Crippen LogP contribution < -0.4 is 5.73 Å². The van der Waals surface area contributed by atoms with Gasteiger partial charge in [-0.2, -0.15) is 0 Å². The van der Waals surface area contributed by atoms with Crippen molar-refractivity contribution >= 4 is 0 Å². The van der Waals surface area contributed by atoms with Crippen molar-refractivity contribution in [3.8, 4) is 5.75 Å². The average Bonchev–Trinajstić information content (AvgIpc) is 2.16. The molecule has 1 atom stereocenters. The third-order valence-electron chi connectivity index (χ3n) is 2.41. The highest BCUT2D eigenvalue weighted by atomic mass is 16.3. The summed E-state index contributed by atoms with van der Waals surface area (Å²) >= 11 is 0. The molecule has 1 rings (SSSR count). The quantitative estimate of drug-likeness (QED) is 0.746. The first kappa shape index (κ1) is 11.0. The Hall–Kier alpha value is -1.06. The van der Waals surface area contributed by atoms with Gasteiger partial charge in [0.25, 0.3) is 0 Å². The predicted octanol–water partition coefficient (Wildman–Crippen LogP) is 0.824. The van der Waals surface area contributed by atoms with Gasteiger partial charge in [-0.15, -0.1) is 0 Å². The minimum absolute atomic E-state index is 0.308. The van der Waals surface area contributed by atoms with Crippen LogP contribution in [-0.4, -0.2) is 36.7 Å². The second kappa shape index (κ2) is 4.98. The lowest BCUT2D eigenvalue weighted by molar-refractivity contribution is 0.298. The summed E-state index contributed by atoms with van der Waals surface area (Å²) in [4.78, 5) is 2.12. The van der Waals surface area contributed by atoms with Crippen LogP contribution in [0, 0.1) is 0 Å². The average molecular weight is 194 g/mol. The van der Waals surface area contributed by atoms with Crippen molar-refractivity contribution in [2.75, 3.05) is 20.6 Å². The Bertz CT molecular complexity index is 269. The molecule has 0 amide bonds. The fourth-order valence-electron chi connectivity index (χ4n) is 1.38. The summed E-state index contributed by atoms with van der Waals surface area (Å²) < 4.78 is 0. The van der Waals surface area contributed by atoms with Gasteiger partial charge in [0.05, 0.1) is 0 Å². The number of rotatable bonds is 4. The zero-order chi connectivity index (χ0) is 10.6. The third kappa shape index (κ3) is 3.01. The van der Waals surface area contributed by atoms with Crippen molar-refractivity contribution in [1.29, 1.82) is 0 Å². The normalized spacial score (nSPS) is 13.1.